The fraction of sp³-hybridized carbons (Fsp3) is 0.238. The minimum absolute atomic E-state index is 0.163. The second-order valence-electron chi connectivity index (χ2n) is 6.84. The molecular weight excluding hydrogens is 372 g/mol. The van der Waals surface area contributed by atoms with Crippen LogP contribution in [-0.2, 0) is 11.3 Å². The van der Waals surface area contributed by atoms with Gasteiger partial charge >= 0.3 is 0 Å². The lowest BCUT2D eigenvalue weighted by atomic mass is 10.2. The van der Waals surface area contributed by atoms with Gasteiger partial charge in [-0.05, 0) is 39.0 Å². The lowest BCUT2D eigenvalue weighted by Crippen LogP contribution is -2.15. The highest BCUT2D eigenvalue weighted by molar-refractivity contribution is 5.91. The molecule has 0 spiro atoms. The van der Waals surface area contributed by atoms with E-state index >= 15 is 0 Å². The smallest absolute Gasteiger partial charge is 0.275 e. The topological polar surface area (TPSA) is 99.3 Å². The lowest BCUT2D eigenvalue weighted by molar-refractivity contribution is -0.384. The third-order valence-corrected chi connectivity index (χ3v) is 4.30. The highest BCUT2D eigenvalue weighted by Gasteiger charge is 2.14. The van der Waals surface area contributed by atoms with Gasteiger partial charge in [0.2, 0.25) is 5.91 Å². The SMILES string of the molecule is Cc1ccc(Oc2cc(NC(=O)CCn3nc(C)cc3C)cc([N+](=O)[O-])c2)cc1. The first-order valence-electron chi connectivity index (χ1n) is 9.15. The number of anilines is 1. The van der Waals surface area contributed by atoms with Crippen LogP contribution in [0.3, 0.4) is 0 Å². The van der Waals surface area contributed by atoms with Crippen LogP contribution in [0.2, 0.25) is 0 Å². The van der Waals surface area contributed by atoms with Gasteiger partial charge in [-0.3, -0.25) is 19.6 Å². The van der Waals surface area contributed by atoms with Gasteiger partial charge in [-0.15, -0.1) is 0 Å². The van der Waals surface area contributed by atoms with E-state index in [-0.39, 0.29) is 23.8 Å². The number of aromatic nitrogens is 2. The Labute approximate surface area is 168 Å². The van der Waals surface area contributed by atoms with E-state index in [0.29, 0.717) is 18.0 Å². The molecule has 0 saturated carbocycles. The second kappa shape index (κ2) is 8.55. The van der Waals surface area contributed by atoms with Crippen LogP contribution >= 0.6 is 0 Å². The summed E-state index contributed by atoms with van der Waals surface area (Å²) in [5.41, 5.74) is 3.08. The van der Waals surface area contributed by atoms with Crippen molar-refractivity contribution in [3.05, 3.63) is 75.6 Å². The Morgan fingerprint density at radius 1 is 1.10 bits per heavy atom. The summed E-state index contributed by atoms with van der Waals surface area (Å²) < 4.78 is 7.48. The van der Waals surface area contributed by atoms with E-state index < -0.39 is 4.92 Å². The summed E-state index contributed by atoms with van der Waals surface area (Å²) in [6, 6.07) is 13.5. The number of amides is 1. The molecule has 0 radical (unpaired) electrons. The third kappa shape index (κ3) is 5.41. The molecule has 3 aromatic rings. The summed E-state index contributed by atoms with van der Waals surface area (Å²) in [5, 5.41) is 18.3. The van der Waals surface area contributed by atoms with Gasteiger partial charge in [-0.2, -0.15) is 5.10 Å². The van der Waals surface area contributed by atoms with E-state index in [2.05, 4.69) is 10.4 Å². The molecular formula is C21H22N4O4. The zero-order valence-electron chi connectivity index (χ0n) is 16.5. The molecule has 1 N–H and O–H groups in total. The zero-order chi connectivity index (χ0) is 21.0. The summed E-state index contributed by atoms with van der Waals surface area (Å²) in [6.45, 7) is 6.19. The predicted octanol–water partition coefficient (Wildman–Crippen LogP) is 4.54. The standard InChI is InChI=1S/C21H22N4O4/c1-14-4-6-19(7-5-14)29-20-12-17(11-18(13-20)25(27)28)22-21(26)8-9-24-16(3)10-15(2)23-24/h4-7,10-13H,8-9H2,1-3H3,(H,22,26). The van der Waals surface area contributed by atoms with Crippen molar-refractivity contribution in [2.24, 2.45) is 0 Å². The Kier molecular flexibility index (Phi) is 5.92. The number of hydrogen-bond donors (Lipinski definition) is 1. The van der Waals surface area contributed by atoms with Gasteiger partial charge in [0.1, 0.15) is 11.5 Å². The minimum atomic E-state index is -0.520. The molecule has 0 saturated heterocycles. The summed E-state index contributed by atoms with van der Waals surface area (Å²) in [6.07, 6.45) is 0.193. The summed E-state index contributed by atoms with van der Waals surface area (Å²) in [7, 11) is 0. The predicted molar refractivity (Wildman–Crippen MR) is 109 cm³/mol. The number of non-ortho nitro benzene ring substituents is 1. The molecule has 0 aliphatic carbocycles. The maximum absolute atomic E-state index is 12.3. The molecule has 150 valence electrons. The van der Waals surface area contributed by atoms with E-state index in [4.69, 9.17) is 4.74 Å². The first-order valence-corrected chi connectivity index (χ1v) is 9.15. The molecule has 1 aromatic heterocycles. The number of nitro benzene ring substituents is 1. The van der Waals surface area contributed by atoms with Crippen molar-refractivity contribution in [3.63, 3.8) is 0 Å². The molecule has 8 nitrogen and oxygen atoms in total. The van der Waals surface area contributed by atoms with Gasteiger partial charge in [-0.25, -0.2) is 0 Å². The Morgan fingerprint density at radius 3 is 2.45 bits per heavy atom. The number of carbonyl (C=O) groups is 1. The van der Waals surface area contributed by atoms with Crippen molar-refractivity contribution in [2.45, 2.75) is 33.7 Å². The fourth-order valence-electron chi connectivity index (χ4n) is 2.89. The monoisotopic (exact) mass is 394 g/mol. The van der Waals surface area contributed by atoms with Crippen LogP contribution in [0.5, 0.6) is 11.5 Å². The van der Waals surface area contributed by atoms with Gasteiger partial charge in [0, 0.05) is 30.8 Å². The van der Waals surface area contributed by atoms with Gasteiger partial charge < -0.3 is 10.1 Å². The van der Waals surface area contributed by atoms with Crippen molar-refractivity contribution in [3.8, 4) is 11.5 Å². The molecule has 1 heterocycles. The van der Waals surface area contributed by atoms with Gasteiger partial charge in [-0.1, -0.05) is 17.7 Å². The first kappa shape index (κ1) is 20.1. The highest BCUT2D eigenvalue weighted by atomic mass is 16.6. The van der Waals surface area contributed by atoms with Crippen LogP contribution in [0.25, 0.3) is 0 Å². The molecule has 2 aromatic carbocycles. The maximum atomic E-state index is 12.3. The summed E-state index contributed by atoms with van der Waals surface area (Å²) in [5.74, 6) is 0.564. The molecule has 0 fully saturated rings. The molecule has 0 atom stereocenters. The summed E-state index contributed by atoms with van der Waals surface area (Å²) >= 11 is 0. The van der Waals surface area contributed by atoms with Crippen molar-refractivity contribution < 1.29 is 14.5 Å². The number of nitrogens with one attached hydrogen (secondary N) is 1. The maximum Gasteiger partial charge on any atom is 0.275 e. The van der Waals surface area contributed by atoms with Crippen LogP contribution in [-0.4, -0.2) is 20.6 Å². The number of hydrogen-bond acceptors (Lipinski definition) is 5. The van der Waals surface area contributed by atoms with Gasteiger partial charge in [0.25, 0.3) is 5.69 Å². The van der Waals surface area contributed by atoms with Crippen molar-refractivity contribution in [1.29, 1.82) is 0 Å². The van der Waals surface area contributed by atoms with Crippen LogP contribution in [0.1, 0.15) is 23.4 Å². The molecule has 1 amide bonds. The number of rotatable bonds is 7. The van der Waals surface area contributed by atoms with E-state index in [1.807, 2.05) is 39.0 Å². The Bertz CT molecular complexity index is 1040. The normalized spacial score (nSPS) is 10.6. The Morgan fingerprint density at radius 2 is 1.83 bits per heavy atom. The largest absolute Gasteiger partial charge is 0.457 e. The van der Waals surface area contributed by atoms with E-state index in [0.717, 1.165) is 17.0 Å². The molecule has 29 heavy (non-hydrogen) atoms. The van der Waals surface area contributed by atoms with Crippen LogP contribution in [0.15, 0.2) is 48.5 Å². The molecule has 0 unspecified atom stereocenters. The Balaban J connectivity index is 1.72. The first-order chi connectivity index (χ1) is 13.8. The lowest BCUT2D eigenvalue weighted by Gasteiger charge is -2.10. The van der Waals surface area contributed by atoms with E-state index in [1.54, 1.807) is 22.9 Å². The Hall–Kier alpha value is -3.68. The van der Waals surface area contributed by atoms with Gasteiger partial charge in [0.15, 0.2) is 0 Å². The van der Waals surface area contributed by atoms with Crippen molar-refractivity contribution in [1.82, 2.24) is 9.78 Å². The summed E-state index contributed by atoms with van der Waals surface area (Å²) in [4.78, 5) is 23.1. The fourth-order valence-corrected chi connectivity index (χ4v) is 2.89. The number of aryl methyl sites for hydroxylation is 4. The quantitative estimate of drug-likeness (QED) is 0.468. The van der Waals surface area contributed by atoms with Crippen LogP contribution < -0.4 is 10.1 Å². The minimum Gasteiger partial charge on any atom is -0.457 e. The van der Waals surface area contributed by atoms with Crippen molar-refractivity contribution >= 4 is 17.3 Å². The number of benzene rings is 2. The van der Waals surface area contributed by atoms with Crippen molar-refractivity contribution in [2.75, 3.05) is 5.32 Å². The molecule has 0 bridgehead atoms. The molecule has 0 aliphatic heterocycles. The molecule has 0 aliphatic rings. The van der Waals surface area contributed by atoms with Crippen LogP contribution in [0.4, 0.5) is 11.4 Å². The highest BCUT2D eigenvalue weighted by Crippen LogP contribution is 2.30. The number of carbonyl (C=O) groups excluding carboxylic acids is 1. The third-order valence-electron chi connectivity index (χ3n) is 4.30. The number of ether oxygens (including phenoxy) is 1. The van der Waals surface area contributed by atoms with E-state index in [1.165, 1.54) is 12.1 Å². The molecule has 3 rings (SSSR count). The average molecular weight is 394 g/mol. The average Bonchev–Trinajstić information content (AvgIpc) is 2.99. The zero-order valence-corrected chi connectivity index (χ0v) is 16.5. The molecule has 8 heteroatoms. The number of nitro groups is 1. The van der Waals surface area contributed by atoms with Crippen LogP contribution in [0, 0.1) is 30.9 Å². The van der Waals surface area contributed by atoms with Gasteiger partial charge in [0.05, 0.1) is 22.4 Å². The number of nitrogens with zero attached hydrogens (tertiary/aromatic N) is 3. The second-order valence-corrected chi connectivity index (χ2v) is 6.84. The van der Waals surface area contributed by atoms with E-state index in [9.17, 15) is 14.9 Å².